The summed E-state index contributed by atoms with van der Waals surface area (Å²) in [5.74, 6) is -0.574. The monoisotopic (exact) mass is 604 g/mol. The van der Waals surface area contributed by atoms with Gasteiger partial charge in [0.05, 0.1) is 19.1 Å². The average Bonchev–Trinajstić information content (AvgIpc) is 3.12. The van der Waals surface area contributed by atoms with Gasteiger partial charge in [0.1, 0.15) is 5.75 Å². The molecule has 1 aromatic carbocycles. The standard InChI is InChI=1S/C32H52O7Si2/c1-19(21(18-24(33)34)15-17-23(31(3,4)5)38-40(10)11)14-16-22-27(32(6,7)8)26-25(20(2)28(22)36-9)30(37-29(26)35)39-41(12)13/h14,21,23,30H,15-18H2,1-13H3,(H,33,34). The summed E-state index contributed by atoms with van der Waals surface area (Å²) in [7, 11) is -0.365. The van der Waals surface area contributed by atoms with E-state index in [1.807, 2.05) is 26.9 Å². The summed E-state index contributed by atoms with van der Waals surface area (Å²) in [4.78, 5) is 25.2. The second-order valence-electron chi connectivity index (χ2n) is 13.7. The number of hydrogen-bond donors (Lipinski definition) is 1. The van der Waals surface area contributed by atoms with Crippen molar-refractivity contribution in [3.05, 3.63) is 39.5 Å². The first kappa shape index (κ1) is 35.3. The molecule has 3 atom stereocenters. The smallest absolute Gasteiger partial charge is 0.341 e. The molecule has 9 heteroatoms. The van der Waals surface area contributed by atoms with Crippen molar-refractivity contribution >= 4 is 30.0 Å². The van der Waals surface area contributed by atoms with Gasteiger partial charge in [0.25, 0.3) is 0 Å². The number of carbonyl (C=O) groups is 2. The Balaban J connectivity index is 2.56. The van der Waals surface area contributed by atoms with E-state index >= 15 is 0 Å². The van der Waals surface area contributed by atoms with Crippen molar-refractivity contribution in [2.75, 3.05) is 7.11 Å². The lowest BCUT2D eigenvalue weighted by Crippen LogP contribution is -2.33. The second-order valence-corrected chi connectivity index (χ2v) is 17.8. The predicted octanol–water partition coefficient (Wildman–Crippen LogP) is 7.78. The maximum absolute atomic E-state index is 13.3. The van der Waals surface area contributed by atoms with E-state index in [4.69, 9.17) is 18.3 Å². The average molecular weight is 605 g/mol. The van der Waals surface area contributed by atoms with E-state index in [1.54, 1.807) is 7.11 Å². The van der Waals surface area contributed by atoms with Crippen LogP contribution in [0.5, 0.6) is 5.75 Å². The molecule has 1 heterocycles. The molecular weight excluding hydrogens is 553 g/mol. The van der Waals surface area contributed by atoms with Gasteiger partial charge in [-0.2, -0.15) is 0 Å². The number of carboxylic acid groups (broad SMARTS) is 1. The maximum atomic E-state index is 13.3. The van der Waals surface area contributed by atoms with Crippen molar-refractivity contribution in [1.82, 2.24) is 0 Å². The lowest BCUT2D eigenvalue weighted by Gasteiger charge is -2.33. The minimum Gasteiger partial charge on any atom is -0.496 e. The van der Waals surface area contributed by atoms with Gasteiger partial charge >= 0.3 is 11.9 Å². The number of carboxylic acids is 1. The first-order chi connectivity index (χ1) is 18.8. The summed E-state index contributed by atoms with van der Waals surface area (Å²) in [6, 6.07) is 0. The van der Waals surface area contributed by atoms with Crippen LogP contribution in [0.3, 0.4) is 0 Å². The first-order valence-corrected chi connectivity index (χ1v) is 19.4. The van der Waals surface area contributed by atoms with Gasteiger partial charge in [-0.25, -0.2) is 4.79 Å². The number of hydrogen-bond acceptors (Lipinski definition) is 6. The highest BCUT2D eigenvalue weighted by atomic mass is 28.3. The SMILES string of the molecule is COc1c(C)c2c(c(C(C)(C)C)c1CC=C(C)C(CCC(O[Si](C)C)C(C)(C)C)CC(=O)O)C(=O)OC2O[Si](C)C. The van der Waals surface area contributed by atoms with Crippen molar-refractivity contribution in [2.24, 2.45) is 11.3 Å². The summed E-state index contributed by atoms with van der Waals surface area (Å²) in [6.07, 6.45) is 3.54. The first-order valence-electron chi connectivity index (χ1n) is 14.6. The molecule has 7 nitrogen and oxygen atoms in total. The van der Waals surface area contributed by atoms with Crippen molar-refractivity contribution in [3.8, 4) is 5.75 Å². The van der Waals surface area contributed by atoms with E-state index in [1.165, 1.54) is 0 Å². The Hall–Kier alpha value is -1.95. The van der Waals surface area contributed by atoms with Crippen molar-refractivity contribution < 1.29 is 33.0 Å². The number of allylic oxidation sites excluding steroid dienone is 2. The van der Waals surface area contributed by atoms with Crippen LogP contribution in [-0.4, -0.2) is 48.3 Å². The minimum absolute atomic E-state index is 0.0299. The summed E-state index contributed by atoms with van der Waals surface area (Å²) in [6.45, 7) is 25.1. The molecule has 0 fully saturated rings. The Bertz CT molecular complexity index is 1130. The largest absolute Gasteiger partial charge is 0.496 e. The Kier molecular flexibility index (Phi) is 12.1. The summed E-state index contributed by atoms with van der Waals surface area (Å²) in [5.41, 5.74) is 4.63. The molecular formula is C32H52O7Si2. The zero-order valence-corrected chi connectivity index (χ0v) is 29.5. The van der Waals surface area contributed by atoms with Crippen LogP contribution < -0.4 is 4.74 Å². The molecule has 0 saturated carbocycles. The van der Waals surface area contributed by atoms with E-state index < -0.39 is 30.3 Å². The fraction of sp³-hybridized carbons (Fsp3) is 0.688. The summed E-state index contributed by atoms with van der Waals surface area (Å²) in [5, 5.41) is 9.75. The molecule has 41 heavy (non-hydrogen) atoms. The number of aliphatic carboxylic acids is 1. The second kappa shape index (κ2) is 14.0. The van der Waals surface area contributed by atoms with Gasteiger partial charge in [-0.05, 0) is 81.6 Å². The van der Waals surface area contributed by atoms with E-state index in [-0.39, 0.29) is 35.2 Å². The third-order valence-corrected chi connectivity index (χ3v) is 9.05. The maximum Gasteiger partial charge on any atom is 0.341 e. The quantitative estimate of drug-likeness (QED) is 0.140. The minimum atomic E-state index is -1.13. The fourth-order valence-electron chi connectivity index (χ4n) is 5.69. The highest BCUT2D eigenvalue weighted by molar-refractivity contribution is 6.48. The highest BCUT2D eigenvalue weighted by Crippen LogP contribution is 2.47. The normalized spacial score (nSPS) is 17.6. The van der Waals surface area contributed by atoms with Crippen LogP contribution in [0.25, 0.3) is 0 Å². The van der Waals surface area contributed by atoms with E-state index in [2.05, 4.69) is 60.7 Å². The lowest BCUT2D eigenvalue weighted by atomic mass is 9.76. The van der Waals surface area contributed by atoms with E-state index in [0.29, 0.717) is 12.0 Å². The Morgan fingerprint density at radius 1 is 1.07 bits per heavy atom. The van der Waals surface area contributed by atoms with E-state index in [9.17, 15) is 14.7 Å². The summed E-state index contributed by atoms with van der Waals surface area (Å²) >= 11 is 0. The highest BCUT2D eigenvalue weighted by Gasteiger charge is 2.42. The molecule has 1 aliphatic rings. The zero-order valence-electron chi connectivity index (χ0n) is 27.5. The summed E-state index contributed by atoms with van der Waals surface area (Å²) < 4.78 is 24.1. The van der Waals surface area contributed by atoms with Crippen molar-refractivity contribution in [1.29, 1.82) is 0 Å². The number of fused-ring (bicyclic) bond motifs is 1. The molecule has 2 radical (unpaired) electrons. The molecule has 1 aromatic rings. The number of benzene rings is 1. The van der Waals surface area contributed by atoms with E-state index in [0.717, 1.165) is 46.4 Å². The third-order valence-electron chi connectivity index (χ3n) is 7.60. The topological polar surface area (TPSA) is 91.3 Å². The zero-order chi connectivity index (χ0) is 31.4. The van der Waals surface area contributed by atoms with Gasteiger partial charge < -0.3 is 23.4 Å². The van der Waals surface area contributed by atoms with Crippen LogP contribution in [0, 0.1) is 18.3 Å². The Morgan fingerprint density at radius 2 is 1.68 bits per heavy atom. The molecule has 0 aliphatic carbocycles. The van der Waals surface area contributed by atoms with Gasteiger partial charge in [-0.3, -0.25) is 4.79 Å². The van der Waals surface area contributed by atoms with Crippen LogP contribution in [0.15, 0.2) is 11.6 Å². The van der Waals surface area contributed by atoms with Gasteiger partial charge in [-0.15, -0.1) is 0 Å². The van der Waals surface area contributed by atoms with Crippen molar-refractivity contribution in [3.63, 3.8) is 0 Å². The van der Waals surface area contributed by atoms with Gasteiger partial charge in [0.15, 0.2) is 0 Å². The number of methoxy groups -OCH3 is 1. The fourth-order valence-corrected chi connectivity index (χ4v) is 7.32. The van der Waals surface area contributed by atoms with Crippen LogP contribution >= 0.6 is 0 Å². The molecule has 0 saturated heterocycles. The van der Waals surface area contributed by atoms with Crippen LogP contribution in [0.1, 0.15) is 107 Å². The van der Waals surface area contributed by atoms with Crippen LogP contribution in [0.2, 0.25) is 26.2 Å². The van der Waals surface area contributed by atoms with Gasteiger partial charge in [0, 0.05) is 22.8 Å². The molecule has 230 valence electrons. The molecule has 0 aromatic heterocycles. The van der Waals surface area contributed by atoms with Gasteiger partial charge in [-0.1, -0.05) is 53.2 Å². The number of rotatable bonds is 13. The molecule has 2 rings (SSSR count). The molecule has 3 unspecified atom stereocenters. The number of ether oxygens (including phenoxy) is 2. The Labute approximate surface area is 251 Å². The van der Waals surface area contributed by atoms with Crippen LogP contribution in [0.4, 0.5) is 0 Å². The number of carbonyl (C=O) groups excluding carboxylic acids is 1. The molecule has 0 spiro atoms. The lowest BCUT2D eigenvalue weighted by molar-refractivity contribution is -0.137. The Morgan fingerprint density at radius 3 is 2.15 bits per heavy atom. The van der Waals surface area contributed by atoms with Crippen LogP contribution in [-0.2, 0) is 30.2 Å². The third kappa shape index (κ3) is 9.02. The van der Waals surface area contributed by atoms with Crippen molar-refractivity contribution in [2.45, 2.75) is 125 Å². The molecule has 1 N–H and O–H groups in total. The van der Waals surface area contributed by atoms with Gasteiger partial charge in [0.2, 0.25) is 24.4 Å². The molecule has 0 amide bonds. The number of esters is 1. The molecule has 1 aliphatic heterocycles. The molecule has 0 bridgehead atoms. The predicted molar refractivity (Wildman–Crippen MR) is 167 cm³/mol. The number of cyclic esters (lactones) is 1.